The van der Waals surface area contributed by atoms with Gasteiger partial charge in [0.25, 0.3) is 15.9 Å². The van der Waals surface area contributed by atoms with Crippen LogP contribution in [-0.2, 0) is 10.0 Å². The first-order chi connectivity index (χ1) is 13.9. The van der Waals surface area contributed by atoms with Crippen molar-refractivity contribution < 1.29 is 13.2 Å². The number of sulfonamides is 1. The zero-order valence-corrected chi connectivity index (χ0v) is 17.1. The summed E-state index contributed by atoms with van der Waals surface area (Å²) in [6, 6.07) is 21.4. The van der Waals surface area contributed by atoms with E-state index in [1.807, 2.05) is 0 Å². The highest BCUT2D eigenvalue weighted by Gasteiger charge is 2.21. The molecule has 0 saturated carbocycles. The molecule has 0 heterocycles. The van der Waals surface area contributed by atoms with Crippen LogP contribution in [0.5, 0.6) is 0 Å². The number of rotatable bonds is 6. The first-order valence-corrected chi connectivity index (χ1v) is 10.4. The summed E-state index contributed by atoms with van der Waals surface area (Å²) in [7, 11) is -2.21. The van der Waals surface area contributed by atoms with E-state index in [2.05, 4.69) is 10.5 Å². The highest BCUT2D eigenvalue weighted by atomic mass is 35.5. The van der Waals surface area contributed by atoms with Crippen molar-refractivity contribution in [3.05, 3.63) is 95.0 Å². The zero-order valence-electron chi connectivity index (χ0n) is 15.5. The lowest BCUT2D eigenvalue weighted by Gasteiger charge is -2.19. The van der Waals surface area contributed by atoms with Gasteiger partial charge in [-0.3, -0.25) is 9.10 Å². The maximum atomic E-state index is 12.7. The number of amides is 1. The van der Waals surface area contributed by atoms with Crippen molar-refractivity contribution >= 4 is 39.4 Å². The number of benzene rings is 3. The van der Waals surface area contributed by atoms with Crippen molar-refractivity contribution in [1.82, 2.24) is 5.43 Å². The van der Waals surface area contributed by atoms with Gasteiger partial charge in [0, 0.05) is 17.6 Å². The monoisotopic (exact) mass is 427 g/mol. The van der Waals surface area contributed by atoms with Gasteiger partial charge in [-0.15, -0.1) is 0 Å². The Morgan fingerprint density at radius 2 is 1.59 bits per heavy atom. The Bertz CT molecular complexity index is 1110. The number of halogens is 1. The van der Waals surface area contributed by atoms with E-state index < -0.39 is 15.9 Å². The molecular formula is C21H18ClN3O3S. The van der Waals surface area contributed by atoms with Crippen molar-refractivity contribution in [3.8, 4) is 0 Å². The number of hydrogen-bond donors (Lipinski definition) is 1. The quantitative estimate of drug-likeness (QED) is 0.478. The Balaban J connectivity index is 1.67. The minimum atomic E-state index is -3.67. The molecule has 29 heavy (non-hydrogen) atoms. The number of carbonyl (C=O) groups is 1. The van der Waals surface area contributed by atoms with Crippen molar-refractivity contribution in [3.63, 3.8) is 0 Å². The summed E-state index contributed by atoms with van der Waals surface area (Å²) < 4.78 is 26.5. The maximum Gasteiger partial charge on any atom is 0.271 e. The summed E-state index contributed by atoms with van der Waals surface area (Å²) in [5.74, 6) is -0.407. The summed E-state index contributed by atoms with van der Waals surface area (Å²) in [5, 5.41) is 4.53. The van der Waals surface area contributed by atoms with Gasteiger partial charge in [-0.1, -0.05) is 41.9 Å². The lowest BCUT2D eigenvalue weighted by Crippen LogP contribution is -2.26. The third-order valence-corrected chi connectivity index (χ3v) is 6.20. The molecule has 0 aliphatic heterocycles. The van der Waals surface area contributed by atoms with Crippen LogP contribution in [0.4, 0.5) is 5.69 Å². The predicted octanol–water partition coefficient (Wildman–Crippen LogP) is 3.93. The van der Waals surface area contributed by atoms with E-state index in [1.165, 1.54) is 29.7 Å². The van der Waals surface area contributed by atoms with Gasteiger partial charge in [0.1, 0.15) is 0 Å². The Labute approximate surface area is 174 Å². The van der Waals surface area contributed by atoms with Gasteiger partial charge in [0.2, 0.25) is 0 Å². The Kier molecular flexibility index (Phi) is 6.31. The van der Waals surface area contributed by atoms with Crippen LogP contribution in [-0.4, -0.2) is 27.6 Å². The molecule has 3 aromatic carbocycles. The molecule has 0 aromatic heterocycles. The van der Waals surface area contributed by atoms with Gasteiger partial charge in [0.05, 0.1) is 16.8 Å². The molecule has 0 atom stereocenters. The summed E-state index contributed by atoms with van der Waals surface area (Å²) in [6.45, 7) is 0. The van der Waals surface area contributed by atoms with E-state index >= 15 is 0 Å². The van der Waals surface area contributed by atoms with Gasteiger partial charge < -0.3 is 0 Å². The normalized spacial score (nSPS) is 11.4. The van der Waals surface area contributed by atoms with Crippen LogP contribution in [0.2, 0.25) is 5.02 Å². The first-order valence-electron chi connectivity index (χ1n) is 8.61. The number of anilines is 1. The summed E-state index contributed by atoms with van der Waals surface area (Å²) in [6.07, 6.45) is 1.50. The minimum absolute atomic E-state index is 0.195. The van der Waals surface area contributed by atoms with Gasteiger partial charge in [-0.2, -0.15) is 5.10 Å². The van der Waals surface area contributed by atoms with Crippen LogP contribution < -0.4 is 9.73 Å². The van der Waals surface area contributed by atoms with Crippen LogP contribution >= 0.6 is 11.6 Å². The van der Waals surface area contributed by atoms with Crippen molar-refractivity contribution in [2.75, 3.05) is 11.4 Å². The maximum absolute atomic E-state index is 12.7. The van der Waals surface area contributed by atoms with Crippen LogP contribution in [0.3, 0.4) is 0 Å². The fraction of sp³-hybridized carbons (Fsp3) is 0.0476. The average molecular weight is 428 g/mol. The first kappa shape index (κ1) is 20.6. The lowest BCUT2D eigenvalue weighted by atomic mass is 10.2. The average Bonchev–Trinajstić information content (AvgIpc) is 2.75. The molecule has 6 nitrogen and oxygen atoms in total. The molecule has 0 fully saturated rings. The van der Waals surface area contributed by atoms with Crippen molar-refractivity contribution in [2.45, 2.75) is 4.90 Å². The molecule has 3 rings (SSSR count). The second-order valence-corrected chi connectivity index (χ2v) is 8.49. The molecule has 0 radical (unpaired) electrons. The topological polar surface area (TPSA) is 78.8 Å². The van der Waals surface area contributed by atoms with Crippen LogP contribution in [0.25, 0.3) is 0 Å². The molecule has 0 spiro atoms. The molecule has 0 aliphatic rings. The van der Waals surface area contributed by atoms with Crippen LogP contribution in [0, 0.1) is 0 Å². The van der Waals surface area contributed by atoms with Gasteiger partial charge in [0.15, 0.2) is 0 Å². The van der Waals surface area contributed by atoms with Gasteiger partial charge in [-0.25, -0.2) is 13.8 Å². The number of hydrogen-bond acceptors (Lipinski definition) is 4. The number of carbonyl (C=O) groups excluding carboxylic acids is 1. The SMILES string of the molecule is CN(c1ccc(C(=O)N/N=C\c2ccc(Cl)cc2)cc1)S(=O)(=O)c1ccccc1. The largest absolute Gasteiger partial charge is 0.271 e. The zero-order chi connectivity index (χ0) is 20.9. The van der Waals surface area contributed by atoms with Crippen molar-refractivity contribution in [2.24, 2.45) is 5.10 Å². The van der Waals surface area contributed by atoms with Gasteiger partial charge in [-0.05, 0) is 54.1 Å². The summed E-state index contributed by atoms with van der Waals surface area (Å²) in [5.41, 5.74) is 4.02. The molecule has 0 saturated heterocycles. The van der Waals surface area contributed by atoms with E-state index in [0.717, 1.165) is 5.56 Å². The lowest BCUT2D eigenvalue weighted by molar-refractivity contribution is 0.0955. The molecular weight excluding hydrogens is 410 g/mol. The molecule has 0 unspecified atom stereocenters. The molecule has 3 aromatic rings. The second-order valence-electron chi connectivity index (χ2n) is 6.08. The molecule has 148 valence electrons. The van der Waals surface area contributed by atoms with Crippen LogP contribution in [0.1, 0.15) is 15.9 Å². The fourth-order valence-corrected chi connectivity index (χ4v) is 3.83. The highest BCUT2D eigenvalue weighted by Crippen LogP contribution is 2.22. The fourth-order valence-electron chi connectivity index (χ4n) is 2.49. The smallest absolute Gasteiger partial charge is 0.269 e. The highest BCUT2D eigenvalue weighted by molar-refractivity contribution is 7.92. The second kappa shape index (κ2) is 8.89. The number of nitrogens with one attached hydrogen (secondary N) is 1. The predicted molar refractivity (Wildman–Crippen MR) is 115 cm³/mol. The van der Waals surface area contributed by atoms with E-state index in [-0.39, 0.29) is 4.90 Å². The summed E-state index contributed by atoms with van der Waals surface area (Å²) in [4.78, 5) is 12.4. The number of hydrazone groups is 1. The van der Waals surface area contributed by atoms with Crippen molar-refractivity contribution in [1.29, 1.82) is 0 Å². The Morgan fingerprint density at radius 3 is 2.21 bits per heavy atom. The van der Waals surface area contributed by atoms with Crippen LogP contribution in [0.15, 0.2) is 88.9 Å². The molecule has 8 heteroatoms. The standard InChI is InChI=1S/C21H18ClN3O3S/c1-25(29(27,28)20-5-3-2-4-6-20)19-13-9-17(10-14-19)21(26)24-23-15-16-7-11-18(22)12-8-16/h2-15H,1H3,(H,24,26)/b23-15-. The van der Waals surface area contributed by atoms with E-state index in [9.17, 15) is 13.2 Å². The third kappa shape index (κ3) is 5.01. The van der Waals surface area contributed by atoms with E-state index in [0.29, 0.717) is 16.3 Å². The van der Waals surface area contributed by atoms with E-state index in [4.69, 9.17) is 11.6 Å². The summed E-state index contributed by atoms with van der Waals surface area (Å²) >= 11 is 5.82. The van der Waals surface area contributed by atoms with Gasteiger partial charge >= 0.3 is 0 Å². The Hall–Kier alpha value is -3.16. The third-order valence-electron chi connectivity index (χ3n) is 4.14. The molecule has 0 bridgehead atoms. The Morgan fingerprint density at radius 1 is 0.966 bits per heavy atom. The molecule has 1 N–H and O–H groups in total. The molecule has 0 aliphatic carbocycles. The number of nitrogens with zero attached hydrogens (tertiary/aromatic N) is 2. The molecule has 1 amide bonds. The van der Waals surface area contributed by atoms with E-state index in [1.54, 1.807) is 66.7 Å². The minimum Gasteiger partial charge on any atom is -0.269 e.